The van der Waals surface area contributed by atoms with Gasteiger partial charge in [-0.05, 0) is 32.3 Å². The highest BCUT2D eigenvalue weighted by Crippen LogP contribution is 2.13. The molecule has 1 rings (SSSR count). The number of carbonyl (C=O) groups excluding carboxylic acids is 2. The Morgan fingerprint density at radius 3 is 2.59 bits per heavy atom. The Morgan fingerprint density at radius 2 is 1.94 bits per heavy atom. The molecule has 0 saturated heterocycles. The number of rotatable bonds is 6. The zero-order valence-corrected chi connectivity index (χ0v) is 10.4. The van der Waals surface area contributed by atoms with Crippen molar-refractivity contribution in [2.75, 3.05) is 6.61 Å². The average molecular weight is 234 g/mol. The van der Waals surface area contributed by atoms with Crippen LogP contribution in [0.1, 0.15) is 42.6 Å². The fourth-order valence-corrected chi connectivity index (χ4v) is 1.74. The minimum absolute atomic E-state index is 0.0664. The lowest BCUT2D eigenvalue weighted by Gasteiger charge is -2.06. The van der Waals surface area contributed by atoms with E-state index >= 15 is 0 Å². The molecule has 1 aromatic rings. The van der Waals surface area contributed by atoms with Crippen LogP contribution < -0.4 is 0 Å². The molecule has 0 bridgehead atoms. The van der Waals surface area contributed by atoms with E-state index in [1.807, 2.05) is 24.3 Å². The summed E-state index contributed by atoms with van der Waals surface area (Å²) in [6, 6.07) is 7.52. The molecule has 0 heterocycles. The number of Topliss-reactive ketones (excluding diaryl/α,β-unsaturated/α-hetero) is 1. The first-order valence-electron chi connectivity index (χ1n) is 5.89. The van der Waals surface area contributed by atoms with Crippen LogP contribution in [-0.4, -0.2) is 18.4 Å². The van der Waals surface area contributed by atoms with Crippen molar-refractivity contribution in [1.82, 2.24) is 0 Å². The molecule has 3 nitrogen and oxygen atoms in total. The van der Waals surface area contributed by atoms with Gasteiger partial charge in [-0.15, -0.1) is 0 Å². The smallest absolute Gasteiger partial charge is 0.305 e. The lowest BCUT2D eigenvalue weighted by molar-refractivity contribution is -0.143. The first-order valence-corrected chi connectivity index (χ1v) is 5.89. The molecular weight excluding hydrogens is 216 g/mol. The van der Waals surface area contributed by atoms with Crippen LogP contribution in [-0.2, 0) is 16.0 Å². The van der Waals surface area contributed by atoms with E-state index in [4.69, 9.17) is 4.74 Å². The van der Waals surface area contributed by atoms with E-state index in [0.717, 1.165) is 17.5 Å². The summed E-state index contributed by atoms with van der Waals surface area (Å²) in [5, 5.41) is 0. The maximum absolute atomic E-state index is 11.4. The van der Waals surface area contributed by atoms with Gasteiger partial charge in [0.25, 0.3) is 0 Å². The minimum Gasteiger partial charge on any atom is -0.466 e. The van der Waals surface area contributed by atoms with E-state index in [1.54, 1.807) is 13.8 Å². The highest BCUT2D eigenvalue weighted by Gasteiger charge is 2.07. The molecule has 0 aliphatic heterocycles. The van der Waals surface area contributed by atoms with Gasteiger partial charge in [0.15, 0.2) is 5.78 Å². The van der Waals surface area contributed by atoms with Crippen molar-refractivity contribution in [3.63, 3.8) is 0 Å². The normalized spacial score (nSPS) is 10.0. The molecule has 92 valence electrons. The predicted molar refractivity (Wildman–Crippen MR) is 66.0 cm³/mol. The van der Waals surface area contributed by atoms with Crippen LogP contribution in [0.2, 0.25) is 0 Å². The summed E-state index contributed by atoms with van der Waals surface area (Å²) in [6.07, 6.45) is 1.85. The highest BCUT2D eigenvalue weighted by atomic mass is 16.5. The average Bonchev–Trinajstić information content (AvgIpc) is 2.30. The Morgan fingerprint density at radius 1 is 1.24 bits per heavy atom. The lowest BCUT2D eigenvalue weighted by atomic mass is 9.99. The summed E-state index contributed by atoms with van der Waals surface area (Å²) in [5.74, 6) is -0.107. The van der Waals surface area contributed by atoms with E-state index in [0.29, 0.717) is 19.4 Å². The van der Waals surface area contributed by atoms with Crippen molar-refractivity contribution >= 4 is 11.8 Å². The summed E-state index contributed by atoms with van der Waals surface area (Å²) >= 11 is 0. The zero-order valence-electron chi connectivity index (χ0n) is 10.4. The molecule has 0 amide bonds. The van der Waals surface area contributed by atoms with Crippen LogP contribution >= 0.6 is 0 Å². The van der Waals surface area contributed by atoms with Crippen molar-refractivity contribution in [2.45, 2.75) is 33.1 Å². The van der Waals surface area contributed by atoms with E-state index in [-0.39, 0.29) is 11.8 Å². The second kappa shape index (κ2) is 6.84. The van der Waals surface area contributed by atoms with Crippen LogP contribution in [0.25, 0.3) is 0 Å². The molecule has 0 atom stereocenters. The highest BCUT2D eigenvalue weighted by molar-refractivity contribution is 5.95. The lowest BCUT2D eigenvalue weighted by Crippen LogP contribution is -2.05. The Hall–Kier alpha value is -1.64. The van der Waals surface area contributed by atoms with Crippen LogP contribution in [0.5, 0.6) is 0 Å². The van der Waals surface area contributed by atoms with Gasteiger partial charge in [0.1, 0.15) is 0 Å². The topological polar surface area (TPSA) is 43.4 Å². The molecule has 0 unspecified atom stereocenters. The van der Waals surface area contributed by atoms with E-state index in [9.17, 15) is 9.59 Å². The largest absolute Gasteiger partial charge is 0.466 e. The first kappa shape index (κ1) is 13.4. The Balaban J connectivity index is 2.52. The number of carbonyl (C=O) groups is 2. The Kier molecular flexibility index (Phi) is 5.40. The van der Waals surface area contributed by atoms with Gasteiger partial charge in [0.2, 0.25) is 0 Å². The Bertz CT molecular complexity index is 396. The van der Waals surface area contributed by atoms with Crippen molar-refractivity contribution in [3.8, 4) is 0 Å². The summed E-state index contributed by atoms with van der Waals surface area (Å²) in [7, 11) is 0. The van der Waals surface area contributed by atoms with Crippen molar-refractivity contribution in [2.24, 2.45) is 0 Å². The van der Waals surface area contributed by atoms with E-state index in [1.165, 1.54) is 0 Å². The van der Waals surface area contributed by atoms with E-state index in [2.05, 4.69) is 0 Å². The third kappa shape index (κ3) is 4.39. The van der Waals surface area contributed by atoms with Crippen molar-refractivity contribution in [1.29, 1.82) is 0 Å². The quantitative estimate of drug-likeness (QED) is 0.561. The van der Waals surface area contributed by atoms with Crippen LogP contribution in [0.4, 0.5) is 0 Å². The predicted octanol–water partition coefficient (Wildman–Crippen LogP) is 2.78. The fourth-order valence-electron chi connectivity index (χ4n) is 1.74. The maximum atomic E-state index is 11.4. The van der Waals surface area contributed by atoms with Gasteiger partial charge in [-0.2, -0.15) is 0 Å². The number of ether oxygens (including phenoxy) is 1. The molecule has 0 radical (unpaired) electrons. The Labute approximate surface area is 102 Å². The van der Waals surface area contributed by atoms with Gasteiger partial charge in [-0.25, -0.2) is 0 Å². The van der Waals surface area contributed by atoms with Crippen LogP contribution in [0.3, 0.4) is 0 Å². The van der Waals surface area contributed by atoms with E-state index < -0.39 is 0 Å². The fraction of sp³-hybridized carbons (Fsp3) is 0.429. The molecule has 0 aliphatic carbocycles. The van der Waals surface area contributed by atoms with Crippen LogP contribution in [0, 0.1) is 0 Å². The molecule has 0 N–H and O–H groups in total. The van der Waals surface area contributed by atoms with Gasteiger partial charge in [0.05, 0.1) is 6.61 Å². The molecule has 3 heteroatoms. The minimum atomic E-state index is -0.173. The molecule has 0 saturated carbocycles. The standard InChI is InChI=1S/C14H18O3/c1-3-17-14(16)10-6-8-12-7-4-5-9-13(12)11(2)15/h4-5,7,9H,3,6,8,10H2,1-2H3. The molecule has 0 aromatic heterocycles. The van der Waals surface area contributed by atoms with Crippen molar-refractivity contribution in [3.05, 3.63) is 35.4 Å². The second-order valence-electron chi connectivity index (χ2n) is 3.87. The van der Waals surface area contributed by atoms with Gasteiger partial charge in [-0.1, -0.05) is 24.3 Å². The summed E-state index contributed by atoms with van der Waals surface area (Å²) in [5.41, 5.74) is 1.75. The number of ketones is 1. The van der Waals surface area contributed by atoms with Gasteiger partial charge >= 0.3 is 5.97 Å². The first-order chi connectivity index (χ1) is 8.15. The third-order valence-corrected chi connectivity index (χ3v) is 2.53. The summed E-state index contributed by atoms with van der Waals surface area (Å²) < 4.78 is 4.85. The van der Waals surface area contributed by atoms with Crippen LogP contribution in [0.15, 0.2) is 24.3 Å². The molecular formula is C14H18O3. The van der Waals surface area contributed by atoms with Gasteiger partial charge in [-0.3, -0.25) is 9.59 Å². The molecule has 17 heavy (non-hydrogen) atoms. The summed E-state index contributed by atoms with van der Waals surface area (Å²) in [6.45, 7) is 3.77. The molecule has 1 aromatic carbocycles. The number of hydrogen-bond donors (Lipinski definition) is 0. The number of hydrogen-bond acceptors (Lipinski definition) is 3. The summed E-state index contributed by atoms with van der Waals surface area (Å²) in [4.78, 5) is 22.5. The van der Waals surface area contributed by atoms with Gasteiger partial charge in [0, 0.05) is 12.0 Å². The zero-order chi connectivity index (χ0) is 12.7. The van der Waals surface area contributed by atoms with Gasteiger partial charge < -0.3 is 4.74 Å². The molecule has 0 aliphatic rings. The van der Waals surface area contributed by atoms with Crippen molar-refractivity contribution < 1.29 is 14.3 Å². The number of esters is 1. The maximum Gasteiger partial charge on any atom is 0.305 e. The number of aryl methyl sites for hydroxylation is 1. The third-order valence-electron chi connectivity index (χ3n) is 2.53. The molecule has 0 fully saturated rings. The molecule has 0 spiro atoms. The second-order valence-corrected chi connectivity index (χ2v) is 3.87. The number of benzene rings is 1. The monoisotopic (exact) mass is 234 g/mol. The SMILES string of the molecule is CCOC(=O)CCCc1ccccc1C(C)=O.